The second kappa shape index (κ2) is 8.07. The minimum Gasteiger partial charge on any atom is -0.798 e. The van der Waals surface area contributed by atoms with Gasteiger partial charge in [0, 0.05) is 7.37 Å². The number of rotatable bonds is 8. The van der Waals surface area contributed by atoms with Crippen LogP contribution in [0.5, 0.6) is 0 Å². The van der Waals surface area contributed by atoms with Crippen LogP contribution in [0.4, 0.5) is 0 Å². The third-order valence-electron chi connectivity index (χ3n) is 2.17. The summed E-state index contributed by atoms with van der Waals surface area (Å²) in [7, 11) is -5.34. The molecule has 0 rings (SSSR count). The van der Waals surface area contributed by atoms with Gasteiger partial charge in [-0.05, 0) is 0 Å². The van der Waals surface area contributed by atoms with E-state index in [1.807, 2.05) is 0 Å². The predicted octanol–water partition coefficient (Wildman–Crippen LogP) is -4.52. The zero-order chi connectivity index (χ0) is 15.4. The smallest absolute Gasteiger partial charge is 0.798 e. The van der Waals surface area contributed by atoms with Gasteiger partial charge in [0.2, 0.25) is 0 Å². The molecule has 0 aliphatic carbocycles. The quantitative estimate of drug-likeness (QED) is 0.251. The summed E-state index contributed by atoms with van der Waals surface area (Å²) in [5.41, 5.74) is -4.99. The van der Waals surface area contributed by atoms with Crippen molar-refractivity contribution in [2.75, 3.05) is 0 Å². The maximum Gasteiger partial charge on any atom is 1.00 e. The summed E-state index contributed by atoms with van der Waals surface area (Å²) < 4.78 is 11.7. The van der Waals surface area contributed by atoms with E-state index >= 15 is 0 Å². The van der Waals surface area contributed by atoms with Gasteiger partial charge in [0.25, 0.3) is 0 Å². The Labute approximate surface area is 124 Å². The van der Waals surface area contributed by atoms with Crippen molar-refractivity contribution >= 4 is 31.2 Å². The average Bonchev–Trinajstić information content (AvgIpc) is 2.20. The van der Waals surface area contributed by atoms with Crippen LogP contribution in [0.3, 0.4) is 0 Å². The molecule has 108 valence electrons. The maximum absolute atomic E-state index is 11.7. The molecule has 0 saturated heterocycles. The minimum atomic E-state index is -5.34. The van der Waals surface area contributed by atoms with Crippen molar-refractivity contribution in [2.45, 2.75) is 24.2 Å². The second-order valence-electron chi connectivity index (χ2n) is 3.55. The van der Waals surface area contributed by atoms with E-state index in [0.29, 0.717) is 0 Å². The van der Waals surface area contributed by atoms with Crippen LogP contribution in [0.25, 0.3) is 0 Å². The van der Waals surface area contributed by atoms with Gasteiger partial charge in [-0.2, -0.15) is 0 Å². The molecular formula is C8H10LiO10P. The van der Waals surface area contributed by atoms with E-state index in [0.717, 1.165) is 0 Å². The zero-order valence-electron chi connectivity index (χ0n) is 10.3. The molecule has 0 saturated carbocycles. The van der Waals surface area contributed by atoms with Crippen LogP contribution in [-0.4, -0.2) is 55.6 Å². The Morgan fingerprint density at radius 3 is 1.25 bits per heavy atom. The standard InChI is InChI=1S/C8H11O10P.Li/c9-5(10)1-3(7(13)14)19(17,18)4(8(15)16)2-6(11)12;/h3-4H,1-2H2,(H,9,10)(H,11,12)(H,13,14)(H,15,16)(H,17,18);/q;+1/p-1. The molecule has 0 amide bonds. The first kappa shape index (κ1) is 21.0. The molecular weight excluding hydrogens is 294 g/mol. The van der Waals surface area contributed by atoms with Crippen molar-refractivity contribution in [1.29, 1.82) is 0 Å². The molecule has 0 spiro atoms. The van der Waals surface area contributed by atoms with Crippen LogP contribution in [-0.2, 0) is 23.7 Å². The minimum absolute atomic E-state index is 0. The van der Waals surface area contributed by atoms with Gasteiger partial charge in [0.05, 0.1) is 12.8 Å². The van der Waals surface area contributed by atoms with Crippen LogP contribution < -0.4 is 23.8 Å². The predicted molar refractivity (Wildman–Crippen MR) is 55.0 cm³/mol. The third-order valence-corrected chi connectivity index (χ3v) is 4.72. The van der Waals surface area contributed by atoms with E-state index in [1.165, 1.54) is 0 Å². The van der Waals surface area contributed by atoms with Gasteiger partial charge in [-0.15, -0.1) is 0 Å². The van der Waals surface area contributed by atoms with E-state index in [9.17, 15) is 28.6 Å². The number of hydrogen-bond acceptors (Lipinski definition) is 6. The van der Waals surface area contributed by atoms with Crippen molar-refractivity contribution in [3.63, 3.8) is 0 Å². The summed E-state index contributed by atoms with van der Waals surface area (Å²) in [5.74, 6) is -7.61. The van der Waals surface area contributed by atoms with Crippen molar-refractivity contribution < 1.29 is 67.9 Å². The third kappa shape index (κ3) is 5.75. The van der Waals surface area contributed by atoms with Gasteiger partial charge in [0.15, 0.2) is 0 Å². The van der Waals surface area contributed by atoms with Gasteiger partial charge in [-0.25, -0.2) is 0 Å². The van der Waals surface area contributed by atoms with Crippen LogP contribution in [0.2, 0.25) is 0 Å². The van der Waals surface area contributed by atoms with Gasteiger partial charge in [0.1, 0.15) is 11.3 Å². The summed E-state index contributed by atoms with van der Waals surface area (Å²) in [5, 5.41) is 34.1. The molecule has 0 aromatic rings. The molecule has 0 radical (unpaired) electrons. The number of hydrogen-bond donors (Lipinski definition) is 4. The van der Waals surface area contributed by atoms with Crippen LogP contribution in [0.15, 0.2) is 0 Å². The van der Waals surface area contributed by atoms with E-state index in [-0.39, 0.29) is 18.9 Å². The number of carboxylic acids is 4. The van der Waals surface area contributed by atoms with Crippen molar-refractivity contribution in [1.82, 2.24) is 0 Å². The number of aliphatic carboxylic acids is 4. The van der Waals surface area contributed by atoms with Crippen LogP contribution >= 0.6 is 7.37 Å². The first-order valence-electron chi connectivity index (χ1n) is 4.69. The summed E-state index contributed by atoms with van der Waals surface area (Å²) in [6, 6.07) is 0. The van der Waals surface area contributed by atoms with Crippen molar-refractivity contribution in [2.24, 2.45) is 0 Å². The molecule has 0 aliphatic heterocycles. The normalized spacial score (nSPS) is 16.1. The fraction of sp³-hybridized carbons (Fsp3) is 0.500. The molecule has 0 aliphatic rings. The molecule has 2 unspecified atom stereocenters. The number of carbonyl (C=O) groups is 4. The first-order chi connectivity index (χ1) is 8.50. The molecule has 12 heteroatoms. The first-order valence-corrected chi connectivity index (χ1v) is 6.46. The fourth-order valence-electron chi connectivity index (χ4n) is 1.28. The Bertz CT molecular complexity index is 422. The number of carboxylic acid groups (broad SMARTS) is 4. The average molecular weight is 304 g/mol. The molecule has 0 heterocycles. The summed E-state index contributed by atoms with van der Waals surface area (Å²) in [4.78, 5) is 53.9. The Morgan fingerprint density at radius 1 is 0.850 bits per heavy atom. The van der Waals surface area contributed by atoms with Crippen molar-refractivity contribution in [3.8, 4) is 0 Å². The largest absolute Gasteiger partial charge is 1.00 e. The summed E-state index contributed by atoms with van der Waals surface area (Å²) in [6.45, 7) is 0. The zero-order valence-corrected chi connectivity index (χ0v) is 11.1. The van der Waals surface area contributed by atoms with Gasteiger partial charge < -0.3 is 29.9 Å². The molecule has 20 heavy (non-hydrogen) atoms. The molecule has 4 N–H and O–H groups in total. The topological polar surface area (TPSA) is 189 Å². The Morgan fingerprint density at radius 2 is 1.10 bits per heavy atom. The molecule has 2 atom stereocenters. The molecule has 0 aromatic carbocycles. The Kier molecular flexibility index (Phi) is 8.46. The van der Waals surface area contributed by atoms with Gasteiger partial charge in [-0.3, -0.25) is 19.2 Å². The summed E-state index contributed by atoms with van der Waals surface area (Å²) >= 11 is 0. The van der Waals surface area contributed by atoms with Gasteiger partial charge >= 0.3 is 42.7 Å². The fourth-order valence-corrected chi connectivity index (χ4v) is 3.16. The second-order valence-corrected chi connectivity index (χ2v) is 6.09. The molecule has 0 bridgehead atoms. The Hall–Kier alpha value is -1.33. The molecule has 10 nitrogen and oxygen atoms in total. The van der Waals surface area contributed by atoms with Crippen LogP contribution in [0.1, 0.15) is 12.8 Å². The SMILES string of the molecule is O=C(O)CC(C(=O)O)P(=O)([O-])C(CC(=O)O)C(=O)O.[Li+]. The maximum atomic E-state index is 11.7. The van der Waals surface area contributed by atoms with E-state index in [1.54, 1.807) is 0 Å². The monoisotopic (exact) mass is 304 g/mol. The van der Waals surface area contributed by atoms with E-state index in [4.69, 9.17) is 20.4 Å². The summed E-state index contributed by atoms with van der Waals surface area (Å²) in [6.07, 6.45) is -2.70. The molecule has 0 aromatic heterocycles. The van der Waals surface area contributed by atoms with E-state index in [2.05, 4.69) is 0 Å². The molecule has 0 fully saturated rings. The van der Waals surface area contributed by atoms with Crippen molar-refractivity contribution in [3.05, 3.63) is 0 Å². The van der Waals surface area contributed by atoms with E-state index < -0.39 is 55.4 Å². The van der Waals surface area contributed by atoms with Crippen LogP contribution in [0, 0.1) is 0 Å². The Balaban J connectivity index is 0. The van der Waals surface area contributed by atoms with Gasteiger partial charge in [-0.1, -0.05) is 0 Å².